The maximum atomic E-state index is 9.04. The van der Waals surface area contributed by atoms with Crippen molar-refractivity contribution in [3.63, 3.8) is 0 Å². The van der Waals surface area contributed by atoms with E-state index >= 15 is 0 Å². The minimum absolute atomic E-state index is 0.185. The molecule has 4 heteroatoms. The SMILES string of the molecule is Cc1cnc2ccc3c(c2c1Nc1ccc(CCO)cc1)CCS3. The van der Waals surface area contributed by atoms with Crippen molar-refractivity contribution in [2.45, 2.75) is 24.7 Å². The number of pyridine rings is 1. The molecule has 1 aromatic heterocycles. The molecule has 0 radical (unpaired) electrons. The highest BCUT2D eigenvalue weighted by Crippen LogP contribution is 2.40. The number of aryl methyl sites for hydroxylation is 2. The van der Waals surface area contributed by atoms with E-state index in [0.717, 1.165) is 40.2 Å². The van der Waals surface area contributed by atoms with Crippen LogP contribution in [0.1, 0.15) is 16.7 Å². The van der Waals surface area contributed by atoms with Gasteiger partial charge in [-0.3, -0.25) is 4.98 Å². The van der Waals surface area contributed by atoms with E-state index < -0.39 is 0 Å². The number of nitrogens with one attached hydrogen (secondary N) is 1. The Hall–Kier alpha value is -2.04. The Balaban J connectivity index is 1.78. The third-order valence-corrected chi connectivity index (χ3v) is 5.62. The summed E-state index contributed by atoms with van der Waals surface area (Å²) in [7, 11) is 0. The first-order valence-electron chi connectivity index (χ1n) is 8.27. The number of hydrogen-bond acceptors (Lipinski definition) is 4. The summed E-state index contributed by atoms with van der Waals surface area (Å²) < 4.78 is 0. The average Bonchev–Trinajstić information content (AvgIpc) is 3.08. The van der Waals surface area contributed by atoms with Gasteiger partial charge in [0.1, 0.15) is 0 Å². The van der Waals surface area contributed by atoms with Crippen molar-refractivity contribution in [3.8, 4) is 0 Å². The number of thioether (sulfide) groups is 1. The summed E-state index contributed by atoms with van der Waals surface area (Å²) in [5, 5.41) is 13.9. The lowest BCUT2D eigenvalue weighted by Crippen LogP contribution is -1.99. The maximum absolute atomic E-state index is 9.04. The molecule has 1 aliphatic rings. The molecule has 24 heavy (non-hydrogen) atoms. The van der Waals surface area contributed by atoms with Gasteiger partial charge in [-0.15, -0.1) is 11.8 Å². The molecule has 0 saturated heterocycles. The molecule has 2 heterocycles. The number of aliphatic hydroxyl groups is 1. The number of benzene rings is 2. The second kappa shape index (κ2) is 6.46. The molecule has 3 aromatic rings. The summed E-state index contributed by atoms with van der Waals surface area (Å²) in [6, 6.07) is 12.6. The molecule has 0 fully saturated rings. The van der Waals surface area contributed by atoms with Crippen LogP contribution in [0.4, 0.5) is 11.4 Å². The zero-order chi connectivity index (χ0) is 16.5. The van der Waals surface area contributed by atoms with E-state index in [1.54, 1.807) is 0 Å². The third-order valence-electron chi connectivity index (χ3n) is 4.52. The molecule has 0 spiro atoms. The maximum Gasteiger partial charge on any atom is 0.0726 e. The first-order valence-corrected chi connectivity index (χ1v) is 9.25. The Labute approximate surface area is 146 Å². The van der Waals surface area contributed by atoms with E-state index in [1.165, 1.54) is 15.8 Å². The average molecular weight is 336 g/mol. The minimum Gasteiger partial charge on any atom is -0.396 e. The second-order valence-electron chi connectivity index (χ2n) is 6.15. The quantitative estimate of drug-likeness (QED) is 0.738. The van der Waals surface area contributed by atoms with Gasteiger partial charge in [-0.05, 0) is 60.7 Å². The number of nitrogens with zero attached hydrogens (tertiary/aromatic N) is 1. The van der Waals surface area contributed by atoms with Gasteiger partial charge >= 0.3 is 0 Å². The van der Waals surface area contributed by atoms with Gasteiger partial charge in [0.2, 0.25) is 0 Å². The first-order chi connectivity index (χ1) is 11.8. The van der Waals surface area contributed by atoms with Crippen LogP contribution < -0.4 is 5.32 Å². The zero-order valence-corrected chi connectivity index (χ0v) is 14.5. The van der Waals surface area contributed by atoms with Gasteiger partial charge in [-0.25, -0.2) is 0 Å². The highest BCUT2D eigenvalue weighted by Gasteiger charge is 2.18. The fourth-order valence-corrected chi connectivity index (χ4v) is 4.34. The topological polar surface area (TPSA) is 45.2 Å². The number of rotatable bonds is 4. The number of aliphatic hydroxyl groups excluding tert-OH is 1. The molecule has 2 N–H and O–H groups in total. The standard InChI is InChI=1S/C20H20N2OS/c1-13-12-21-17-6-7-18-16(9-11-24-18)19(17)20(13)22-15-4-2-14(3-5-15)8-10-23/h2-7,12,23H,8-11H2,1H3,(H,21,22). The number of hydrogen-bond donors (Lipinski definition) is 2. The smallest absolute Gasteiger partial charge is 0.0726 e. The monoisotopic (exact) mass is 336 g/mol. The summed E-state index contributed by atoms with van der Waals surface area (Å²) in [6.07, 6.45) is 3.74. The summed E-state index contributed by atoms with van der Waals surface area (Å²) in [6.45, 7) is 2.29. The molecule has 0 amide bonds. The predicted molar refractivity (Wildman–Crippen MR) is 101 cm³/mol. The Morgan fingerprint density at radius 3 is 2.79 bits per heavy atom. The van der Waals surface area contributed by atoms with Crippen molar-refractivity contribution < 1.29 is 5.11 Å². The lowest BCUT2D eigenvalue weighted by Gasteiger charge is -2.15. The Morgan fingerprint density at radius 1 is 1.17 bits per heavy atom. The summed E-state index contributed by atoms with van der Waals surface area (Å²) in [5.41, 5.74) is 7.02. The van der Waals surface area contributed by atoms with Crippen molar-refractivity contribution in [3.05, 3.63) is 59.3 Å². The third kappa shape index (κ3) is 2.76. The van der Waals surface area contributed by atoms with E-state index in [9.17, 15) is 0 Å². The van der Waals surface area contributed by atoms with Crippen LogP contribution in [-0.4, -0.2) is 22.5 Å². The molecule has 1 aliphatic heterocycles. The van der Waals surface area contributed by atoms with Crippen LogP contribution in [0.3, 0.4) is 0 Å². The van der Waals surface area contributed by atoms with Crippen LogP contribution in [-0.2, 0) is 12.8 Å². The molecular weight excluding hydrogens is 316 g/mol. The molecule has 0 saturated carbocycles. The second-order valence-corrected chi connectivity index (χ2v) is 7.28. The summed E-state index contributed by atoms with van der Waals surface area (Å²) >= 11 is 1.93. The molecule has 0 unspecified atom stereocenters. The Bertz CT molecular complexity index is 890. The first kappa shape index (κ1) is 15.5. The van der Waals surface area contributed by atoms with Crippen molar-refractivity contribution in [1.29, 1.82) is 0 Å². The van der Waals surface area contributed by atoms with Crippen molar-refractivity contribution in [1.82, 2.24) is 4.98 Å². The molecule has 4 rings (SSSR count). The fourth-order valence-electron chi connectivity index (χ4n) is 3.27. The fraction of sp³-hybridized carbons (Fsp3) is 0.250. The van der Waals surface area contributed by atoms with Gasteiger partial charge in [0.05, 0.1) is 11.2 Å². The van der Waals surface area contributed by atoms with Gasteiger partial charge in [-0.1, -0.05) is 12.1 Å². The predicted octanol–water partition coefficient (Wildman–Crippen LogP) is 4.47. The van der Waals surface area contributed by atoms with Crippen LogP contribution in [0.5, 0.6) is 0 Å². The largest absolute Gasteiger partial charge is 0.396 e. The van der Waals surface area contributed by atoms with Crippen LogP contribution in [0.2, 0.25) is 0 Å². The Kier molecular flexibility index (Phi) is 4.17. The lowest BCUT2D eigenvalue weighted by atomic mass is 10.0. The molecule has 122 valence electrons. The van der Waals surface area contributed by atoms with Crippen LogP contribution in [0.15, 0.2) is 47.5 Å². The van der Waals surface area contributed by atoms with Crippen molar-refractivity contribution in [2.24, 2.45) is 0 Å². The van der Waals surface area contributed by atoms with Gasteiger partial charge in [0.25, 0.3) is 0 Å². The van der Waals surface area contributed by atoms with Gasteiger partial charge in [0.15, 0.2) is 0 Å². The molecular formula is C20H20N2OS. The van der Waals surface area contributed by atoms with E-state index in [0.29, 0.717) is 6.42 Å². The minimum atomic E-state index is 0.185. The van der Waals surface area contributed by atoms with Crippen molar-refractivity contribution in [2.75, 3.05) is 17.7 Å². The van der Waals surface area contributed by atoms with Crippen LogP contribution >= 0.6 is 11.8 Å². The van der Waals surface area contributed by atoms with E-state index in [2.05, 4.69) is 53.6 Å². The lowest BCUT2D eigenvalue weighted by molar-refractivity contribution is 0.299. The van der Waals surface area contributed by atoms with E-state index in [-0.39, 0.29) is 6.61 Å². The summed E-state index contributed by atoms with van der Waals surface area (Å²) in [5.74, 6) is 1.15. The van der Waals surface area contributed by atoms with Crippen LogP contribution in [0.25, 0.3) is 10.9 Å². The number of aromatic nitrogens is 1. The number of fused-ring (bicyclic) bond motifs is 3. The molecule has 0 bridgehead atoms. The molecule has 0 aliphatic carbocycles. The van der Waals surface area contributed by atoms with Crippen molar-refractivity contribution >= 4 is 34.0 Å². The molecule has 2 aromatic carbocycles. The summed E-state index contributed by atoms with van der Waals surface area (Å²) in [4.78, 5) is 6.01. The number of anilines is 2. The van der Waals surface area contributed by atoms with E-state index in [1.807, 2.05) is 18.0 Å². The molecule has 3 nitrogen and oxygen atoms in total. The normalized spacial score (nSPS) is 13.2. The van der Waals surface area contributed by atoms with E-state index in [4.69, 9.17) is 5.11 Å². The van der Waals surface area contributed by atoms with Gasteiger partial charge in [-0.2, -0.15) is 0 Å². The van der Waals surface area contributed by atoms with Gasteiger partial charge < -0.3 is 10.4 Å². The zero-order valence-electron chi connectivity index (χ0n) is 13.7. The highest BCUT2D eigenvalue weighted by atomic mass is 32.2. The highest BCUT2D eigenvalue weighted by molar-refractivity contribution is 7.99. The molecule has 0 atom stereocenters. The van der Waals surface area contributed by atoms with Crippen LogP contribution in [0, 0.1) is 6.92 Å². The Morgan fingerprint density at radius 2 is 2.00 bits per heavy atom. The van der Waals surface area contributed by atoms with Gasteiger partial charge in [0, 0.05) is 34.5 Å².